The molecule has 0 amide bonds. The summed E-state index contributed by atoms with van der Waals surface area (Å²) in [6.07, 6.45) is 3.43. The first-order valence-corrected chi connectivity index (χ1v) is 9.72. The molecule has 0 bridgehead atoms. The fraction of sp³-hybridized carbons (Fsp3) is 0.520. The van der Waals surface area contributed by atoms with Crippen molar-refractivity contribution in [2.75, 3.05) is 0 Å². The molecule has 3 rings (SSSR count). The lowest BCUT2D eigenvalue weighted by Crippen LogP contribution is -2.13. The largest absolute Gasteiger partial charge is 0.0561 e. The van der Waals surface area contributed by atoms with Gasteiger partial charge in [0.1, 0.15) is 0 Å². The van der Waals surface area contributed by atoms with Crippen LogP contribution in [0.2, 0.25) is 0 Å². The maximum Gasteiger partial charge on any atom is -0.00150 e. The number of fused-ring (bicyclic) bond motifs is 2. The van der Waals surface area contributed by atoms with Gasteiger partial charge in [-0.15, -0.1) is 0 Å². The van der Waals surface area contributed by atoms with Crippen LogP contribution in [0, 0.1) is 13.8 Å². The molecule has 1 aliphatic rings. The Morgan fingerprint density at radius 2 is 0.960 bits per heavy atom. The molecule has 0 heterocycles. The number of hydrogen-bond acceptors (Lipinski definition) is 0. The second-order valence-corrected chi connectivity index (χ2v) is 10.0. The van der Waals surface area contributed by atoms with E-state index in [-0.39, 0.29) is 10.8 Å². The normalized spacial score (nSPS) is 14.7. The van der Waals surface area contributed by atoms with Crippen LogP contribution in [-0.2, 0) is 30.1 Å². The molecule has 2 aromatic rings. The zero-order chi connectivity index (χ0) is 18.6. The van der Waals surface area contributed by atoms with Gasteiger partial charge in [0.15, 0.2) is 0 Å². The van der Waals surface area contributed by atoms with Crippen molar-refractivity contribution in [3.05, 3.63) is 68.8 Å². The third kappa shape index (κ3) is 3.54. The molecule has 0 saturated heterocycles. The van der Waals surface area contributed by atoms with Gasteiger partial charge in [0.25, 0.3) is 0 Å². The lowest BCUT2D eigenvalue weighted by Gasteiger charge is -2.23. The van der Waals surface area contributed by atoms with Gasteiger partial charge in [0.05, 0.1) is 0 Å². The van der Waals surface area contributed by atoms with Crippen molar-refractivity contribution in [1.82, 2.24) is 0 Å². The van der Waals surface area contributed by atoms with Gasteiger partial charge in [-0.25, -0.2) is 0 Å². The van der Waals surface area contributed by atoms with Gasteiger partial charge in [0, 0.05) is 0 Å². The van der Waals surface area contributed by atoms with Crippen LogP contribution < -0.4 is 0 Å². The van der Waals surface area contributed by atoms with E-state index in [1.54, 1.807) is 22.3 Å². The predicted octanol–water partition coefficient (Wildman–Crippen LogP) is 6.59. The van der Waals surface area contributed by atoms with E-state index in [0.717, 1.165) is 6.42 Å². The maximum absolute atomic E-state index is 2.48. The Kier molecular flexibility index (Phi) is 4.38. The Balaban J connectivity index is 2.10. The van der Waals surface area contributed by atoms with E-state index in [1.807, 2.05) is 0 Å². The van der Waals surface area contributed by atoms with E-state index in [1.165, 1.54) is 35.1 Å². The van der Waals surface area contributed by atoms with Crippen molar-refractivity contribution in [3.8, 4) is 0 Å². The quantitative estimate of drug-likeness (QED) is 0.510. The molecule has 0 aromatic heterocycles. The van der Waals surface area contributed by atoms with Crippen molar-refractivity contribution in [3.63, 3.8) is 0 Å². The fourth-order valence-corrected chi connectivity index (χ4v) is 4.04. The zero-order valence-electron chi connectivity index (χ0n) is 17.4. The molecule has 1 aliphatic carbocycles. The minimum absolute atomic E-state index is 0.217. The van der Waals surface area contributed by atoms with E-state index in [0.29, 0.717) is 0 Å². The third-order valence-corrected chi connectivity index (χ3v) is 5.88. The SMILES string of the molecule is Cc1cc(C(C)(C)C)cc2c1Cc1c(C)cc(C(C)(C)C)cc1CC2. The third-order valence-electron chi connectivity index (χ3n) is 5.88. The summed E-state index contributed by atoms with van der Waals surface area (Å²) < 4.78 is 0. The molecule has 0 spiro atoms. The Hall–Kier alpha value is -1.56. The molecular weight excluding hydrogens is 300 g/mol. The summed E-state index contributed by atoms with van der Waals surface area (Å²) >= 11 is 0. The molecule has 0 N–H and O–H groups in total. The average molecular weight is 335 g/mol. The van der Waals surface area contributed by atoms with E-state index >= 15 is 0 Å². The van der Waals surface area contributed by atoms with Gasteiger partial charge in [-0.2, -0.15) is 0 Å². The average Bonchev–Trinajstić information content (AvgIpc) is 2.65. The Morgan fingerprint density at radius 1 is 0.600 bits per heavy atom. The molecule has 2 aromatic carbocycles. The minimum atomic E-state index is 0.217. The predicted molar refractivity (Wildman–Crippen MR) is 110 cm³/mol. The van der Waals surface area contributed by atoms with Gasteiger partial charge in [0.2, 0.25) is 0 Å². The van der Waals surface area contributed by atoms with Crippen LogP contribution in [0.25, 0.3) is 0 Å². The Labute approximate surface area is 154 Å². The first kappa shape index (κ1) is 18.2. The van der Waals surface area contributed by atoms with E-state index in [4.69, 9.17) is 0 Å². The topological polar surface area (TPSA) is 0 Å². The Morgan fingerprint density at radius 3 is 1.28 bits per heavy atom. The van der Waals surface area contributed by atoms with Gasteiger partial charge in [-0.05, 0) is 88.4 Å². The molecule has 0 saturated carbocycles. The van der Waals surface area contributed by atoms with Gasteiger partial charge < -0.3 is 0 Å². The van der Waals surface area contributed by atoms with Crippen LogP contribution >= 0.6 is 0 Å². The van der Waals surface area contributed by atoms with Crippen molar-refractivity contribution >= 4 is 0 Å². The number of aryl methyl sites for hydroxylation is 4. The van der Waals surface area contributed by atoms with Gasteiger partial charge in [-0.3, -0.25) is 0 Å². The van der Waals surface area contributed by atoms with E-state index in [2.05, 4.69) is 79.7 Å². The van der Waals surface area contributed by atoms with Crippen molar-refractivity contribution in [1.29, 1.82) is 0 Å². The van der Waals surface area contributed by atoms with Gasteiger partial charge >= 0.3 is 0 Å². The summed E-state index contributed by atoms with van der Waals surface area (Å²) in [6.45, 7) is 18.5. The highest BCUT2D eigenvalue weighted by Crippen LogP contribution is 2.35. The summed E-state index contributed by atoms with van der Waals surface area (Å²) in [5.41, 5.74) is 12.6. The minimum Gasteiger partial charge on any atom is -0.0561 e. The molecule has 134 valence electrons. The molecule has 0 fully saturated rings. The molecule has 0 nitrogen and oxygen atoms in total. The molecule has 0 aliphatic heterocycles. The molecular formula is C25H34. The van der Waals surface area contributed by atoms with Crippen LogP contribution in [-0.4, -0.2) is 0 Å². The highest BCUT2D eigenvalue weighted by atomic mass is 14.3. The maximum atomic E-state index is 2.48. The van der Waals surface area contributed by atoms with Gasteiger partial charge in [-0.1, -0.05) is 65.8 Å². The van der Waals surface area contributed by atoms with Crippen molar-refractivity contribution < 1.29 is 0 Å². The zero-order valence-corrected chi connectivity index (χ0v) is 17.4. The summed E-state index contributed by atoms with van der Waals surface area (Å²) in [4.78, 5) is 0. The molecule has 0 radical (unpaired) electrons. The molecule has 25 heavy (non-hydrogen) atoms. The second-order valence-electron chi connectivity index (χ2n) is 10.0. The van der Waals surface area contributed by atoms with Crippen LogP contribution in [0.5, 0.6) is 0 Å². The summed E-state index contributed by atoms with van der Waals surface area (Å²) in [5.74, 6) is 0. The molecule has 0 atom stereocenters. The number of benzene rings is 2. The van der Waals surface area contributed by atoms with E-state index in [9.17, 15) is 0 Å². The van der Waals surface area contributed by atoms with Crippen molar-refractivity contribution in [2.45, 2.75) is 85.5 Å². The second kappa shape index (κ2) is 6.01. The fourth-order valence-electron chi connectivity index (χ4n) is 4.04. The molecule has 0 heteroatoms. The number of rotatable bonds is 0. The van der Waals surface area contributed by atoms with Crippen LogP contribution in [0.1, 0.15) is 86.1 Å². The molecule has 0 unspecified atom stereocenters. The van der Waals surface area contributed by atoms with Crippen LogP contribution in [0.3, 0.4) is 0 Å². The Bertz CT molecular complexity index is 738. The summed E-state index contributed by atoms with van der Waals surface area (Å²) in [6, 6.07) is 9.80. The first-order valence-electron chi connectivity index (χ1n) is 9.72. The lowest BCUT2D eigenvalue weighted by molar-refractivity contribution is 0.587. The number of hydrogen-bond donors (Lipinski definition) is 0. The van der Waals surface area contributed by atoms with E-state index < -0.39 is 0 Å². The summed E-state index contributed by atoms with van der Waals surface area (Å²) in [7, 11) is 0. The lowest BCUT2D eigenvalue weighted by atomic mass is 9.81. The smallest absolute Gasteiger partial charge is 0.00150 e. The standard InChI is InChI=1S/C25H34/c1-16-11-20(24(3,4)5)13-18-9-10-19-14-21(25(6,7)8)12-17(2)23(19)15-22(16)18/h11-14H,9-10,15H2,1-8H3. The first-order chi connectivity index (χ1) is 11.5. The highest BCUT2D eigenvalue weighted by Gasteiger charge is 2.23. The van der Waals surface area contributed by atoms with Crippen LogP contribution in [0.15, 0.2) is 24.3 Å². The van der Waals surface area contributed by atoms with Crippen LogP contribution in [0.4, 0.5) is 0 Å². The summed E-state index contributed by atoms with van der Waals surface area (Å²) in [5, 5.41) is 0. The highest BCUT2D eigenvalue weighted by molar-refractivity contribution is 5.50. The van der Waals surface area contributed by atoms with Crippen molar-refractivity contribution in [2.24, 2.45) is 0 Å². The monoisotopic (exact) mass is 334 g/mol.